The van der Waals surface area contributed by atoms with Crippen molar-refractivity contribution in [3.8, 4) is 6.07 Å². The average Bonchev–Trinajstić information content (AvgIpc) is 3.32. The Morgan fingerprint density at radius 1 is 0.941 bits per heavy atom. The van der Waals surface area contributed by atoms with Crippen molar-refractivity contribution in [1.29, 1.82) is 5.26 Å². The lowest BCUT2D eigenvalue weighted by Gasteiger charge is -2.42. The lowest BCUT2D eigenvalue weighted by atomic mass is 9.93. The first-order valence-corrected chi connectivity index (χ1v) is 12.8. The van der Waals surface area contributed by atoms with Gasteiger partial charge < -0.3 is 9.80 Å². The molecule has 174 valence electrons. The fourth-order valence-electron chi connectivity index (χ4n) is 6.32. The van der Waals surface area contributed by atoms with E-state index in [9.17, 15) is 5.26 Å². The van der Waals surface area contributed by atoms with Gasteiger partial charge in [-0.15, -0.1) is 0 Å². The number of anilines is 2. The Hall–Kier alpha value is -3.10. The minimum absolute atomic E-state index is 0.525. The average molecular weight is 452 g/mol. The summed E-state index contributed by atoms with van der Waals surface area (Å²) < 4.78 is 0. The van der Waals surface area contributed by atoms with Gasteiger partial charge in [0.15, 0.2) is 0 Å². The minimum atomic E-state index is 0.525. The van der Waals surface area contributed by atoms with Crippen LogP contribution in [0.3, 0.4) is 0 Å². The highest BCUT2D eigenvalue weighted by molar-refractivity contribution is 5.95. The molecule has 3 aromatic rings. The summed E-state index contributed by atoms with van der Waals surface area (Å²) >= 11 is 0. The van der Waals surface area contributed by atoms with Crippen LogP contribution in [0.5, 0.6) is 0 Å². The van der Waals surface area contributed by atoms with Crippen LogP contribution in [0.15, 0.2) is 48.7 Å². The molecule has 0 radical (unpaired) electrons. The van der Waals surface area contributed by atoms with Crippen molar-refractivity contribution < 1.29 is 0 Å². The maximum atomic E-state index is 9.54. The van der Waals surface area contributed by atoms with E-state index in [0.717, 1.165) is 37.1 Å². The lowest BCUT2D eigenvalue weighted by Crippen LogP contribution is -2.49. The van der Waals surface area contributed by atoms with Gasteiger partial charge in [0, 0.05) is 68.3 Å². The molecule has 0 unspecified atom stereocenters. The summed E-state index contributed by atoms with van der Waals surface area (Å²) in [5, 5.41) is 10.6. The van der Waals surface area contributed by atoms with Crippen LogP contribution in [0.1, 0.15) is 49.3 Å². The van der Waals surface area contributed by atoms with Gasteiger partial charge in [-0.25, -0.2) is 0 Å². The van der Waals surface area contributed by atoms with Crippen LogP contribution in [0.2, 0.25) is 0 Å². The summed E-state index contributed by atoms with van der Waals surface area (Å²) in [4.78, 5) is 12.3. The second-order valence-electron chi connectivity index (χ2n) is 10.4. The second-order valence-corrected chi connectivity index (χ2v) is 10.4. The highest BCUT2D eigenvalue weighted by Crippen LogP contribution is 2.36. The number of nitriles is 1. The molecule has 3 aliphatic heterocycles. The van der Waals surface area contributed by atoms with E-state index in [-0.39, 0.29) is 0 Å². The van der Waals surface area contributed by atoms with Crippen LogP contribution in [-0.2, 0) is 13.1 Å². The molecule has 4 heterocycles. The van der Waals surface area contributed by atoms with E-state index in [1.165, 1.54) is 61.3 Å². The Kier molecular flexibility index (Phi) is 5.63. The summed E-state index contributed by atoms with van der Waals surface area (Å²) in [6, 6.07) is 18.2. The van der Waals surface area contributed by atoms with Gasteiger partial charge in [0.1, 0.15) is 6.07 Å². The highest BCUT2D eigenvalue weighted by atomic mass is 15.2. The van der Waals surface area contributed by atoms with Gasteiger partial charge >= 0.3 is 0 Å². The number of hydrogen-bond acceptors (Lipinski definition) is 5. The number of benzene rings is 2. The minimum Gasteiger partial charge on any atom is -0.372 e. The normalized spacial score (nSPS) is 23.2. The standard InChI is InChI=1S/C29H33N5/c1-21-14-26(20-34(17-21)28-10-8-22(16-30)29-27(28)6-5-11-31-29)33-18-23-7-9-25(15-24(23)19-33)32-12-3-2-4-13-32/h5-11,15,21,26H,2-4,12-14,17-20H2,1H3/t21-,26+/m0/s1. The number of rotatable bonds is 3. The first kappa shape index (κ1) is 21.4. The first-order chi connectivity index (χ1) is 16.7. The topological polar surface area (TPSA) is 46.4 Å². The van der Waals surface area contributed by atoms with E-state index in [4.69, 9.17) is 0 Å². The van der Waals surface area contributed by atoms with Crippen molar-refractivity contribution in [1.82, 2.24) is 9.88 Å². The zero-order valence-electron chi connectivity index (χ0n) is 20.1. The Balaban J connectivity index is 1.23. The molecule has 0 saturated carbocycles. The van der Waals surface area contributed by atoms with Crippen LogP contribution in [0.4, 0.5) is 11.4 Å². The van der Waals surface area contributed by atoms with Crippen LogP contribution >= 0.6 is 0 Å². The molecule has 2 saturated heterocycles. The number of aromatic nitrogens is 1. The van der Waals surface area contributed by atoms with Crippen molar-refractivity contribution >= 4 is 22.3 Å². The zero-order valence-corrected chi connectivity index (χ0v) is 20.1. The molecule has 0 aliphatic carbocycles. The molecule has 5 heteroatoms. The molecule has 2 aromatic carbocycles. The van der Waals surface area contributed by atoms with E-state index < -0.39 is 0 Å². The quantitative estimate of drug-likeness (QED) is 0.539. The zero-order chi connectivity index (χ0) is 23.1. The predicted molar refractivity (Wildman–Crippen MR) is 138 cm³/mol. The number of hydrogen-bond donors (Lipinski definition) is 0. The van der Waals surface area contributed by atoms with Gasteiger partial charge in [-0.3, -0.25) is 9.88 Å². The van der Waals surface area contributed by atoms with Gasteiger partial charge in [0.25, 0.3) is 0 Å². The summed E-state index contributed by atoms with van der Waals surface area (Å²) in [5.74, 6) is 0.619. The van der Waals surface area contributed by atoms with Gasteiger partial charge in [-0.2, -0.15) is 5.26 Å². The molecule has 5 nitrogen and oxygen atoms in total. The van der Waals surface area contributed by atoms with E-state index in [0.29, 0.717) is 17.5 Å². The molecular formula is C29H33N5. The molecule has 1 aromatic heterocycles. The molecule has 2 fully saturated rings. The first-order valence-electron chi connectivity index (χ1n) is 12.8. The monoisotopic (exact) mass is 451 g/mol. The SMILES string of the molecule is C[C@H]1C[C@@H](N2Cc3ccc(N4CCCCC4)cc3C2)CN(c2ccc(C#N)c3ncccc23)C1. The van der Waals surface area contributed by atoms with E-state index in [2.05, 4.69) is 63.0 Å². The van der Waals surface area contributed by atoms with Crippen LogP contribution in [-0.4, -0.2) is 42.1 Å². The van der Waals surface area contributed by atoms with E-state index in [1.807, 2.05) is 12.1 Å². The molecule has 0 spiro atoms. The fraction of sp³-hybridized carbons (Fsp3) is 0.448. The third kappa shape index (κ3) is 3.91. The third-order valence-corrected chi connectivity index (χ3v) is 8.02. The Morgan fingerprint density at radius 2 is 1.79 bits per heavy atom. The molecule has 34 heavy (non-hydrogen) atoms. The van der Waals surface area contributed by atoms with Crippen molar-refractivity contribution in [2.75, 3.05) is 36.0 Å². The van der Waals surface area contributed by atoms with Gasteiger partial charge in [-0.1, -0.05) is 13.0 Å². The van der Waals surface area contributed by atoms with Gasteiger partial charge in [0.2, 0.25) is 0 Å². The maximum absolute atomic E-state index is 9.54. The van der Waals surface area contributed by atoms with Crippen molar-refractivity contribution in [3.63, 3.8) is 0 Å². The molecule has 0 bridgehead atoms. The second kappa shape index (κ2) is 8.92. The van der Waals surface area contributed by atoms with Crippen LogP contribution < -0.4 is 9.80 Å². The van der Waals surface area contributed by atoms with Gasteiger partial charge in [0.05, 0.1) is 11.1 Å². The van der Waals surface area contributed by atoms with E-state index >= 15 is 0 Å². The molecule has 2 atom stereocenters. The summed E-state index contributed by atoms with van der Waals surface area (Å²) in [6.45, 7) is 8.95. The van der Waals surface area contributed by atoms with Crippen molar-refractivity contribution in [3.05, 3.63) is 65.4 Å². The number of nitrogens with zero attached hydrogens (tertiary/aromatic N) is 5. The maximum Gasteiger partial charge on any atom is 0.101 e. The van der Waals surface area contributed by atoms with Crippen LogP contribution in [0.25, 0.3) is 10.9 Å². The smallest absolute Gasteiger partial charge is 0.101 e. The Morgan fingerprint density at radius 3 is 2.65 bits per heavy atom. The Labute approximate surface area is 202 Å². The number of fused-ring (bicyclic) bond motifs is 2. The lowest BCUT2D eigenvalue weighted by molar-refractivity contribution is 0.157. The van der Waals surface area contributed by atoms with Gasteiger partial charge in [-0.05, 0) is 79.1 Å². The summed E-state index contributed by atoms with van der Waals surface area (Å²) in [6.07, 6.45) is 7.03. The predicted octanol–water partition coefficient (Wildman–Crippen LogP) is 5.33. The number of piperidine rings is 2. The molecule has 3 aliphatic rings. The van der Waals surface area contributed by atoms with Crippen molar-refractivity contribution in [2.45, 2.75) is 51.7 Å². The number of pyridine rings is 1. The largest absolute Gasteiger partial charge is 0.372 e. The van der Waals surface area contributed by atoms with E-state index in [1.54, 1.807) is 6.20 Å². The third-order valence-electron chi connectivity index (χ3n) is 8.02. The molecular weight excluding hydrogens is 418 g/mol. The molecule has 0 amide bonds. The highest BCUT2D eigenvalue weighted by Gasteiger charge is 2.33. The van der Waals surface area contributed by atoms with Crippen LogP contribution in [0, 0.1) is 17.2 Å². The fourth-order valence-corrected chi connectivity index (χ4v) is 6.32. The summed E-state index contributed by atoms with van der Waals surface area (Å²) in [5.41, 5.74) is 7.11. The Bertz CT molecular complexity index is 1240. The molecule has 0 N–H and O–H groups in total. The molecule has 6 rings (SSSR count). The van der Waals surface area contributed by atoms with Crippen molar-refractivity contribution in [2.24, 2.45) is 5.92 Å². The summed E-state index contributed by atoms with van der Waals surface area (Å²) in [7, 11) is 0.